The van der Waals surface area contributed by atoms with Crippen LogP contribution in [-0.4, -0.2) is 40.2 Å². The van der Waals surface area contributed by atoms with Crippen molar-refractivity contribution in [1.29, 1.82) is 0 Å². The van der Waals surface area contributed by atoms with E-state index in [-0.39, 0.29) is 5.92 Å². The largest absolute Gasteiger partial charge is 0.508 e. The highest BCUT2D eigenvalue weighted by Gasteiger charge is 2.37. The molecule has 1 aliphatic carbocycles. The number of phenolic OH excluding ortho intramolecular Hbond substituents is 1. The van der Waals surface area contributed by atoms with E-state index in [4.69, 9.17) is 5.11 Å². The molecule has 1 aromatic rings. The summed E-state index contributed by atoms with van der Waals surface area (Å²) < 4.78 is 0. The lowest BCUT2D eigenvalue weighted by atomic mass is 9.74. The van der Waals surface area contributed by atoms with E-state index in [1.165, 1.54) is 5.56 Å². The van der Waals surface area contributed by atoms with Crippen LogP contribution in [0, 0.1) is 5.92 Å². The van der Waals surface area contributed by atoms with Gasteiger partial charge in [0.05, 0.1) is 5.92 Å². The number of carbonyl (C=O) groups is 1. The van der Waals surface area contributed by atoms with Gasteiger partial charge in [0.2, 0.25) is 0 Å². The molecule has 2 aliphatic rings. The third-order valence-electron chi connectivity index (χ3n) is 4.80. The van der Waals surface area contributed by atoms with Crippen molar-refractivity contribution in [3.63, 3.8) is 0 Å². The summed E-state index contributed by atoms with van der Waals surface area (Å²) in [5, 5.41) is 18.4. The van der Waals surface area contributed by atoms with Gasteiger partial charge in [-0.25, -0.2) is 0 Å². The molecule has 3 rings (SSSR count). The highest BCUT2D eigenvalue weighted by atomic mass is 16.4. The average Bonchev–Trinajstić information content (AvgIpc) is 2.40. The SMILES string of the molecule is O=C(O)C1CCCN(C2CC(c3ccc(O)cc3)C2)C1. The third kappa shape index (κ3) is 2.66. The van der Waals surface area contributed by atoms with Gasteiger partial charge in [-0.3, -0.25) is 9.69 Å². The zero-order valence-electron chi connectivity index (χ0n) is 11.5. The van der Waals surface area contributed by atoms with E-state index in [2.05, 4.69) is 4.90 Å². The Hall–Kier alpha value is -1.55. The second-order valence-corrected chi connectivity index (χ2v) is 6.09. The maximum absolute atomic E-state index is 11.1. The van der Waals surface area contributed by atoms with E-state index < -0.39 is 5.97 Å². The Morgan fingerprint density at radius 3 is 2.55 bits per heavy atom. The highest BCUT2D eigenvalue weighted by molar-refractivity contribution is 5.70. The van der Waals surface area contributed by atoms with Crippen molar-refractivity contribution in [3.8, 4) is 5.75 Å². The number of rotatable bonds is 3. The van der Waals surface area contributed by atoms with Gasteiger partial charge < -0.3 is 10.2 Å². The zero-order chi connectivity index (χ0) is 14.1. The second-order valence-electron chi connectivity index (χ2n) is 6.09. The molecular formula is C16H21NO3. The summed E-state index contributed by atoms with van der Waals surface area (Å²) in [7, 11) is 0. The van der Waals surface area contributed by atoms with E-state index in [9.17, 15) is 9.90 Å². The molecule has 1 aromatic carbocycles. The van der Waals surface area contributed by atoms with E-state index in [0.717, 1.165) is 32.2 Å². The number of carboxylic acids is 1. The first-order valence-corrected chi connectivity index (χ1v) is 7.39. The Bertz CT molecular complexity index is 479. The number of phenols is 1. The third-order valence-corrected chi connectivity index (χ3v) is 4.80. The van der Waals surface area contributed by atoms with Crippen LogP contribution >= 0.6 is 0 Å². The molecule has 1 saturated heterocycles. The fraction of sp³-hybridized carbons (Fsp3) is 0.562. The lowest BCUT2D eigenvalue weighted by Crippen LogP contribution is -2.49. The number of benzene rings is 1. The smallest absolute Gasteiger partial charge is 0.307 e. The number of piperidine rings is 1. The average molecular weight is 275 g/mol. The van der Waals surface area contributed by atoms with Crippen molar-refractivity contribution < 1.29 is 15.0 Å². The van der Waals surface area contributed by atoms with E-state index in [1.54, 1.807) is 12.1 Å². The van der Waals surface area contributed by atoms with Crippen LogP contribution in [0.15, 0.2) is 24.3 Å². The van der Waals surface area contributed by atoms with Crippen molar-refractivity contribution in [2.24, 2.45) is 5.92 Å². The summed E-state index contributed by atoms with van der Waals surface area (Å²) >= 11 is 0. The van der Waals surface area contributed by atoms with Gasteiger partial charge in [-0.1, -0.05) is 12.1 Å². The molecule has 0 bridgehead atoms. The predicted molar refractivity (Wildman–Crippen MR) is 75.8 cm³/mol. The quantitative estimate of drug-likeness (QED) is 0.889. The van der Waals surface area contributed by atoms with Gasteiger partial charge in [0.15, 0.2) is 0 Å². The van der Waals surface area contributed by atoms with Crippen LogP contribution in [0.3, 0.4) is 0 Å². The number of aromatic hydroxyl groups is 1. The van der Waals surface area contributed by atoms with Crippen molar-refractivity contribution in [1.82, 2.24) is 4.90 Å². The Kier molecular flexibility index (Phi) is 3.66. The lowest BCUT2D eigenvalue weighted by molar-refractivity contribution is -0.144. The summed E-state index contributed by atoms with van der Waals surface area (Å²) in [6, 6.07) is 8.00. The number of carboxylic acid groups (broad SMARTS) is 1. The van der Waals surface area contributed by atoms with Gasteiger partial charge >= 0.3 is 5.97 Å². The summed E-state index contributed by atoms with van der Waals surface area (Å²) in [6.07, 6.45) is 4.03. The number of aliphatic carboxylic acids is 1. The summed E-state index contributed by atoms with van der Waals surface area (Å²) in [6.45, 7) is 1.75. The van der Waals surface area contributed by atoms with Crippen LogP contribution in [0.5, 0.6) is 5.75 Å². The van der Waals surface area contributed by atoms with Crippen LogP contribution in [-0.2, 0) is 4.79 Å². The van der Waals surface area contributed by atoms with Gasteiger partial charge in [0.25, 0.3) is 0 Å². The number of hydrogen-bond donors (Lipinski definition) is 2. The molecule has 1 atom stereocenters. The molecule has 1 heterocycles. The molecule has 4 nitrogen and oxygen atoms in total. The predicted octanol–water partition coefficient (Wildman–Crippen LogP) is 2.43. The standard InChI is InChI=1S/C16H21NO3/c18-15-5-3-11(4-6-15)13-8-14(9-13)17-7-1-2-12(10-17)16(19)20/h3-6,12-14,18H,1-2,7-10H2,(H,19,20). The molecule has 4 heteroatoms. The minimum Gasteiger partial charge on any atom is -0.508 e. The fourth-order valence-corrected chi connectivity index (χ4v) is 3.44. The molecule has 1 unspecified atom stereocenters. The first-order valence-electron chi connectivity index (χ1n) is 7.39. The molecule has 20 heavy (non-hydrogen) atoms. The minimum atomic E-state index is -0.649. The Morgan fingerprint density at radius 1 is 1.20 bits per heavy atom. The van der Waals surface area contributed by atoms with Gasteiger partial charge in [-0.15, -0.1) is 0 Å². The maximum Gasteiger partial charge on any atom is 0.307 e. The molecular weight excluding hydrogens is 254 g/mol. The van der Waals surface area contributed by atoms with E-state index in [0.29, 0.717) is 24.3 Å². The van der Waals surface area contributed by atoms with Crippen LogP contribution in [0.1, 0.15) is 37.2 Å². The molecule has 0 spiro atoms. The normalized spacial score (nSPS) is 30.7. The van der Waals surface area contributed by atoms with Crippen molar-refractivity contribution in [2.75, 3.05) is 13.1 Å². The first-order chi connectivity index (χ1) is 9.63. The summed E-state index contributed by atoms with van der Waals surface area (Å²) in [5.74, 6) is 0.0383. The molecule has 2 N–H and O–H groups in total. The van der Waals surface area contributed by atoms with E-state index in [1.807, 2.05) is 12.1 Å². The van der Waals surface area contributed by atoms with Gasteiger partial charge in [-0.2, -0.15) is 0 Å². The number of nitrogens with zero attached hydrogens (tertiary/aromatic N) is 1. The topological polar surface area (TPSA) is 60.8 Å². The Labute approximate surface area is 119 Å². The molecule has 1 aliphatic heterocycles. The van der Waals surface area contributed by atoms with Crippen molar-refractivity contribution >= 4 is 5.97 Å². The molecule has 1 saturated carbocycles. The van der Waals surface area contributed by atoms with Crippen LogP contribution in [0.4, 0.5) is 0 Å². The maximum atomic E-state index is 11.1. The lowest BCUT2D eigenvalue weighted by Gasteiger charge is -2.46. The monoisotopic (exact) mass is 275 g/mol. The zero-order valence-corrected chi connectivity index (χ0v) is 11.5. The van der Waals surface area contributed by atoms with E-state index >= 15 is 0 Å². The van der Waals surface area contributed by atoms with Crippen molar-refractivity contribution in [2.45, 2.75) is 37.6 Å². The first kappa shape index (κ1) is 13.4. The molecule has 0 amide bonds. The fourth-order valence-electron chi connectivity index (χ4n) is 3.44. The summed E-state index contributed by atoms with van der Waals surface area (Å²) in [5.41, 5.74) is 1.28. The van der Waals surface area contributed by atoms with Gasteiger partial charge in [0.1, 0.15) is 5.75 Å². The van der Waals surface area contributed by atoms with Gasteiger partial charge in [-0.05, 0) is 55.8 Å². The molecule has 0 aromatic heterocycles. The van der Waals surface area contributed by atoms with Crippen LogP contribution < -0.4 is 0 Å². The number of likely N-dealkylation sites (tertiary alicyclic amines) is 1. The number of hydrogen-bond acceptors (Lipinski definition) is 3. The van der Waals surface area contributed by atoms with Gasteiger partial charge in [0, 0.05) is 12.6 Å². The Balaban J connectivity index is 1.55. The van der Waals surface area contributed by atoms with Crippen LogP contribution in [0.25, 0.3) is 0 Å². The van der Waals surface area contributed by atoms with Crippen molar-refractivity contribution in [3.05, 3.63) is 29.8 Å². The van der Waals surface area contributed by atoms with Crippen LogP contribution in [0.2, 0.25) is 0 Å². The summed E-state index contributed by atoms with van der Waals surface area (Å²) in [4.78, 5) is 13.5. The highest BCUT2D eigenvalue weighted by Crippen LogP contribution is 2.41. The Morgan fingerprint density at radius 2 is 1.90 bits per heavy atom. The molecule has 0 radical (unpaired) electrons. The second kappa shape index (κ2) is 5.44. The molecule has 108 valence electrons. The minimum absolute atomic E-state index is 0.184. The molecule has 2 fully saturated rings.